The van der Waals surface area contributed by atoms with Crippen LogP contribution in [0.5, 0.6) is 0 Å². The van der Waals surface area contributed by atoms with Gasteiger partial charge in [-0.1, -0.05) is 131 Å². The van der Waals surface area contributed by atoms with Gasteiger partial charge in [0.1, 0.15) is 17.0 Å². The Hall–Kier alpha value is -4.00. The zero-order valence-electron chi connectivity index (χ0n) is 26.9. The lowest BCUT2D eigenvalue weighted by molar-refractivity contribution is -0.0872. The first-order valence-corrected chi connectivity index (χ1v) is 18.3. The van der Waals surface area contributed by atoms with Crippen LogP contribution < -0.4 is 5.32 Å². The molecular formula is C41H36BrFN2O3S. The van der Waals surface area contributed by atoms with Gasteiger partial charge in [0.05, 0.1) is 25.2 Å². The zero-order chi connectivity index (χ0) is 33.7. The van der Waals surface area contributed by atoms with E-state index in [-0.39, 0.29) is 36.8 Å². The van der Waals surface area contributed by atoms with Gasteiger partial charge in [-0.05, 0) is 54.3 Å². The molecule has 2 aliphatic heterocycles. The average molecular weight is 736 g/mol. The third-order valence-corrected chi connectivity index (χ3v) is 11.1. The van der Waals surface area contributed by atoms with Crippen molar-refractivity contribution in [2.45, 2.75) is 36.5 Å². The molecule has 4 aliphatic rings. The van der Waals surface area contributed by atoms with E-state index in [1.807, 2.05) is 42.5 Å². The maximum absolute atomic E-state index is 15.8. The Morgan fingerprint density at radius 1 is 1.08 bits per heavy atom. The minimum atomic E-state index is -1.07. The zero-order valence-corrected chi connectivity index (χ0v) is 29.3. The molecule has 0 aromatic heterocycles. The molecular weight excluding hydrogens is 699 g/mol. The molecule has 1 fully saturated rings. The van der Waals surface area contributed by atoms with Crippen LogP contribution in [0.2, 0.25) is 0 Å². The van der Waals surface area contributed by atoms with Crippen molar-refractivity contribution in [3.8, 4) is 11.8 Å². The highest BCUT2D eigenvalue weighted by molar-refractivity contribution is 9.10. The number of amidine groups is 1. The quantitative estimate of drug-likeness (QED) is 0.236. The number of fused-ring (bicyclic) bond motifs is 1. The molecule has 7 rings (SSSR count). The molecule has 1 N–H and O–H groups in total. The summed E-state index contributed by atoms with van der Waals surface area (Å²) in [6, 6.07) is 24.2. The number of halogens is 2. The monoisotopic (exact) mass is 734 g/mol. The first-order chi connectivity index (χ1) is 24.0. The SMILES string of the molecule is O=C(NC1=N[C@@]2(c3cc(Br)ccc3F)CO[C@H](COC(C3=CC=CCC3)(c3ccccc3)C3C#CC/C=C\C=C3)[C@H]2CS1)c1ccccc1. The van der Waals surface area contributed by atoms with E-state index >= 15 is 4.39 Å². The van der Waals surface area contributed by atoms with Gasteiger partial charge >= 0.3 is 0 Å². The summed E-state index contributed by atoms with van der Waals surface area (Å²) < 4.78 is 30.4. The summed E-state index contributed by atoms with van der Waals surface area (Å²) in [5, 5.41) is 3.42. The molecule has 1 amide bonds. The van der Waals surface area contributed by atoms with Crippen LogP contribution in [0.1, 0.15) is 40.7 Å². The Balaban J connectivity index is 1.26. The standard InChI is InChI=1S/C41H36BrFN2O3S/c42-33-23-24-36(43)34(25-33)40-28-47-37(35(40)27-49-39(45-40)44-38(46)29-15-7-4-8-16-29)26-48-41(31-19-11-5-12-20-31,32-21-13-6-14-22-32)30-17-9-2-1-3-10-18-30/h1-2,4-9,11-13,15-17,19-21,23-25,30,35,37H,3,14,22,26-28H2,(H,44,45,46)/b2-1-,17-9?/t30?,35-,37-,40-,41?/m1/s1. The van der Waals surface area contributed by atoms with Crippen LogP contribution in [-0.4, -0.2) is 36.1 Å². The molecule has 49 heavy (non-hydrogen) atoms. The minimum absolute atomic E-state index is 0.141. The molecule has 248 valence electrons. The predicted octanol–water partition coefficient (Wildman–Crippen LogP) is 8.66. The second kappa shape index (κ2) is 14.9. The van der Waals surface area contributed by atoms with Gasteiger partial charge in [-0.15, -0.1) is 0 Å². The molecule has 2 heterocycles. The Morgan fingerprint density at radius 3 is 2.69 bits per heavy atom. The number of nitrogens with zero attached hydrogens (tertiary/aromatic N) is 1. The highest BCUT2D eigenvalue weighted by Gasteiger charge is 2.55. The van der Waals surface area contributed by atoms with E-state index in [0.717, 1.165) is 28.5 Å². The molecule has 8 heteroatoms. The Morgan fingerprint density at radius 2 is 1.90 bits per heavy atom. The van der Waals surface area contributed by atoms with E-state index in [9.17, 15) is 4.79 Å². The molecule has 0 spiro atoms. The summed E-state index contributed by atoms with van der Waals surface area (Å²) in [6.07, 6.45) is 16.7. The number of ether oxygens (including phenoxy) is 2. The van der Waals surface area contributed by atoms with Crippen molar-refractivity contribution in [1.82, 2.24) is 5.32 Å². The average Bonchev–Trinajstić information content (AvgIpc) is 3.50. The van der Waals surface area contributed by atoms with Crippen molar-refractivity contribution in [2.75, 3.05) is 19.0 Å². The number of carbonyl (C=O) groups is 1. The molecule has 1 saturated heterocycles. The van der Waals surface area contributed by atoms with Crippen LogP contribution in [0.3, 0.4) is 0 Å². The predicted molar refractivity (Wildman–Crippen MR) is 198 cm³/mol. The smallest absolute Gasteiger partial charge is 0.257 e. The first-order valence-electron chi connectivity index (χ1n) is 16.5. The fourth-order valence-electron chi connectivity index (χ4n) is 7.14. The van der Waals surface area contributed by atoms with Gasteiger partial charge < -0.3 is 14.8 Å². The Labute approximate surface area is 299 Å². The summed E-state index contributed by atoms with van der Waals surface area (Å²) >= 11 is 5.00. The topological polar surface area (TPSA) is 59.9 Å². The lowest BCUT2D eigenvalue weighted by atomic mass is 9.72. The van der Waals surface area contributed by atoms with Crippen molar-refractivity contribution >= 4 is 38.8 Å². The van der Waals surface area contributed by atoms with E-state index in [1.165, 1.54) is 17.8 Å². The summed E-state index contributed by atoms with van der Waals surface area (Å²) in [5.74, 6) is 6.29. The number of hydrogen-bond donors (Lipinski definition) is 1. The van der Waals surface area contributed by atoms with Gasteiger partial charge in [0.15, 0.2) is 5.17 Å². The van der Waals surface area contributed by atoms with E-state index in [2.05, 4.69) is 81.7 Å². The molecule has 0 radical (unpaired) electrons. The number of aliphatic imine (C=N–C) groups is 1. The maximum atomic E-state index is 15.8. The largest absolute Gasteiger partial charge is 0.372 e. The number of rotatable bonds is 8. The van der Waals surface area contributed by atoms with Crippen molar-refractivity contribution in [3.05, 3.63) is 154 Å². The first kappa shape index (κ1) is 33.5. The highest BCUT2D eigenvalue weighted by atomic mass is 79.9. The highest BCUT2D eigenvalue weighted by Crippen LogP contribution is 2.51. The number of thioether (sulfide) groups is 1. The second-order valence-corrected chi connectivity index (χ2v) is 14.4. The van der Waals surface area contributed by atoms with Crippen LogP contribution in [0.25, 0.3) is 0 Å². The van der Waals surface area contributed by atoms with Crippen molar-refractivity contribution < 1.29 is 18.7 Å². The van der Waals surface area contributed by atoms with E-state index in [1.54, 1.807) is 24.3 Å². The number of hydrogen-bond acceptors (Lipinski definition) is 5. The van der Waals surface area contributed by atoms with Gasteiger partial charge in [0, 0.05) is 33.7 Å². The number of nitrogens with one attached hydrogen (secondary N) is 1. The Bertz CT molecular complexity index is 1910. The maximum Gasteiger partial charge on any atom is 0.257 e. The number of benzene rings is 3. The van der Waals surface area contributed by atoms with Gasteiger partial charge in [0.25, 0.3) is 5.91 Å². The molecule has 3 aromatic carbocycles. The lowest BCUT2D eigenvalue weighted by Crippen LogP contribution is -2.46. The van der Waals surface area contributed by atoms with Crippen molar-refractivity contribution in [1.29, 1.82) is 0 Å². The fourth-order valence-corrected chi connectivity index (χ4v) is 8.72. The molecule has 5 atom stereocenters. The number of allylic oxidation sites excluding steroid dienone is 6. The summed E-state index contributed by atoms with van der Waals surface area (Å²) in [6.45, 7) is 0.379. The van der Waals surface area contributed by atoms with Crippen LogP contribution in [0, 0.1) is 29.5 Å². The third-order valence-electron chi connectivity index (χ3n) is 9.57. The molecule has 3 aromatic rings. The van der Waals surface area contributed by atoms with E-state index < -0.39 is 17.2 Å². The molecule has 0 bridgehead atoms. The van der Waals surface area contributed by atoms with Gasteiger partial charge in [-0.25, -0.2) is 9.38 Å². The molecule has 0 saturated carbocycles. The van der Waals surface area contributed by atoms with Crippen LogP contribution >= 0.6 is 27.7 Å². The van der Waals surface area contributed by atoms with Crippen LogP contribution in [0.4, 0.5) is 4.39 Å². The fraction of sp³-hybridized carbons (Fsp3) is 0.268. The third kappa shape index (κ3) is 6.78. The molecule has 5 nitrogen and oxygen atoms in total. The molecule has 2 aliphatic carbocycles. The Kier molecular flexibility index (Phi) is 10.2. The normalized spacial score (nSPS) is 26.1. The van der Waals surface area contributed by atoms with Gasteiger partial charge in [-0.3, -0.25) is 4.79 Å². The summed E-state index contributed by atoms with van der Waals surface area (Å²) in [4.78, 5) is 18.3. The minimum Gasteiger partial charge on any atom is -0.372 e. The van der Waals surface area contributed by atoms with Crippen LogP contribution in [0.15, 0.2) is 136 Å². The molecule has 2 unspecified atom stereocenters. The summed E-state index contributed by atoms with van der Waals surface area (Å²) in [7, 11) is 0. The van der Waals surface area contributed by atoms with Crippen molar-refractivity contribution in [2.24, 2.45) is 16.8 Å². The summed E-state index contributed by atoms with van der Waals surface area (Å²) in [5.41, 5.74) is 1.18. The van der Waals surface area contributed by atoms with Gasteiger partial charge in [-0.2, -0.15) is 0 Å². The van der Waals surface area contributed by atoms with E-state index in [0.29, 0.717) is 28.5 Å². The van der Waals surface area contributed by atoms with E-state index in [4.69, 9.17) is 14.5 Å². The number of carbonyl (C=O) groups excluding carboxylic acids is 1. The second-order valence-electron chi connectivity index (χ2n) is 12.4. The van der Waals surface area contributed by atoms with Crippen LogP contribution in [-0.2, 0) is 20.6 Å². The lowest BCUT2D eigenvalue weighted by Gasteiger charge is -2.42. The number of amides is 1. The van der Waals surface area contributed by atoms with Crippen molar-refractivity contribution in [3.63, 3.8) is 0 Å². The van der Waals surface area contributed by atoms with Gasteiger partial charge in [0.2, 0.25) is 0 Å².